The third-order valence-electron chi connectivity index (χ3n) is 5.53. The number of morpholine rings is 1. The zero-order valence-corrected chi connectivity index (χ0v) is 17.5. The average molecular weight is 424 g/mol. The molecular formula is C24H28N2O5. The van der Waals surface area contributed by atoms with Crippen molar-refractivity contribution in [2.24, 2.45) is 0 Å². The summed E-state index contributed by atoms with van der Waals surface area (Å²) in [6.07, 6.45) is 2.13. The van der Waals surface area contributed by atoms with Crippen LogP contribution in [0.15, 0.2) is 48.5 Å². The van der Waals surface area contributed by atoms with Gasteiger partial charge in [-0.1, -0.05) is 24.3 Å². The van der Waals surface area contributed by atoms with Crippen LogP contribution in [-0.2, 0) is 16.0 Å². The summed E-state index contributed by atoms with van der Waals surface area (Å²) in [5, 5.41) is 2.93. The fourth-order valence-electron chi connectivity index (χ4n) is 3.73. The molecule has 0 unspecified atom stereocenters. The van der Waals surface area contributed by atoms with Crippen LogP contribution >= 0.6 is 0 Å². The number of nitrogens with zero attached hydrogens (tertiary/aromatic N) is 1. The Balaban J connectivity index is 1.32. The molecule has 2 amide bonds. The molecule has 0 aromatic heterocycles. The largest absolute Gasteiger partial charge is 0.490 e. The Morgan fingerprint density at radius 3 is 2.55 bits per heavy atom. The summed E-state index contributed by atoms with van der Waals surface area (Å²) in [6, 6.07) is 14.6. The summed E-state index contributed by atoms with van der Waals surface area (Å²) in [7, 11) is 0. The van der Waals surface area contributed by atoms with E-state index in [2.05, 4.69) is 5.32 Å². The minimum Gasteiger partial charge on any atom is -0.490 e. The van der Waals surface area contributed by atoms with Gasteiger partial charge in [0.1, 0.15) is 12.4 Å². The Kier molecular flexibility index (Phi) is 7.17. The van der Waals surface area contributed by atoms with Gasteiger partial charge in [-0.2, -0.15) is 0 Å². The standard InChI is InChI=1S/C24H28N2O5/c27-23(21-5-1-2-6-22(21)31-17-20-4-3-13-30-20)25-16-18-7-9-19(10-8-18)24(28)26-11-14-29-15-12-26/h1-2,5-10,20H,3-4,11-17H2,(H,25,27)/t20-/m0/s1. The number of amides is 2. The van der Waals surface area contributed by atoms with Crippen molar-refractivity contribution in [1.82, 2.24) is 10.2 Å². The van der Waals surface area contributed by atoms with E-state index in [-0.39, 0.29) is 17.9 Å². The van der Waals surface area contributed by atoms with Crippen molar-refractivity contribution < 1.29 is 23.8 Å². The van der Waals surface area contributed by atoms with E-state index < -0.39 is 0 Å². The fraction of sp³-hybridized carbons (Fsp3) is 0.417. The molecule has 0 saturated carbocycles. The van der Waals surface area contributed by atoms with Crippen molar-refractivity contribution in [2.45, 2.75) is 25.5 Å². The number of carbonyl (C=O) groups excluding carboxylic acids is 2. The number of para-hydroxylation sites is 1. The Labute approximate surface area is 182 Å². The summed E-state index contributed by atoms with van der Waals surface area (Å²) in [5.41, 5.74) is 2.06. The third-order valence-corrected chi connectivity index (χ3v) is 5.53. The van der Waals surface area contributed by atoms with Gasteiger partial charge in [0.15, 0.2) is 0 Å². The lowest BCUT2D eigenvalue weighted by atomic mass is 10.1. The Bertz CT molecular complexity index is 887. The maximum atomic E-state index is 12.7. The van der Waals surface area contributed by atoms with Crippen molar-refractivity contribution in [3.63, 3.8) is 0 Å². The minimum absolute atomic E-state index is 0.0104. The second-order valence-electron chi connectivity index (χ2n) is 7.73. The van der Waals surface area contributed by atoms with Gasteiger partial charge in [-0.05, 0) is 42.7 Å². The topological polar surface area (TPSA) is 77.1 Å². The lowest BCUT2D eigenvalue weighted by Gasteiger charge is -2.26. The molecule has 2 aliphatic heterocycles. The summed E-state index contributed by atoms with van der Waals surface area (Å²) in [4.78, 5) is 27.1. The highest BCUT2D eigenvalue weighted by molar-refractivity contribution is 5.97. The van der Waals surface area contributed by atoms with Gasteiger partial charge in [0.05, 0.1) is 24.9 Å². The van der Waals surface area contributed by atoms with Crippen LogP contribution in [0.1, 0.15) is 39.1 Å². The van der Waals surface area contributed by atoms with E-state index in [0.717, 1.165) is 25.0 Å². The van der Waals surface area contributed by atoms with Crippen LogP contribution in [0.5, 0.6) is 5.75 Å². The van der Waals surface area contributed by atoms with Gasteiger partial charge in [0, 0.05) is 31.8 Å². The number of benzene rings is 2. The first-order valence-corrected chi connectivity index (χ1v) is 10.8. The van der Waals surface area contributed by atoms with Crippen LogP contribution in [0.25, 0.3) is 0 Å². The molecule has 2 aliphatic rings. The van der Waals surface area contributed by atoms with Crippen molar-refractivity contribution in [3.8, 4) is 5.75 Å². The molecule has 7 nitrogen and oxygen atoms in total. The van der Waals surface area contributed by atoms with Gasteiger partial charge in [-0.25, -0.2) is 0 Å². The molecule has 2 heterocycles. The normalized spacial score (nSPS) is 18.6. The number of nitrogens with one attached hydrogen (secondary N) is 1. The highest BCUT2D eigenvalue weighted by Crippen LogP contribution is 2.20. The maximum absolute atomic E-state index is 12.7. The summed E-state index contributed by atoms with van der Waals surface area (Å²) < 4.78 is 16.7. The van der Waals surface area contributed by atoms with Crippen molar-refractivity contribution in [1.29, 1.82) is 0 Å². The molecule has 2 fully saturated rings. The predicted molar refractivity (Wildman–Crippen MR) is 115 cm³/mol. The average Bonchev–Trinajstić information content (AvgIpc) is 3.35. The quantitative estimate of drug-likeness (QED) is 0.740. The number of hydrogen-bond acceptors (Lipinski definition) is 5. The van der Waals surface area contributed by atoms with E-state index in [9.17, 15) is 9.59 Å². The molecule has 0 aliphatic carbocycles. The van der Waals surface area contributed by atoms with E-state index >= 15 is 0 Å². The predicted octanol–water partition coefficient (Wildman–Crippen LogP) is 2.65. The zero-order chi connectivity index (χ0) is 21.5. The molecular weight excluding hydrogens is 396 g/mol. The van der Waals surface area contributed by atoms with Crippen molar-refractivity contribution in [2.75, 3.05) is 39.5 Å². The van der Waals surface area contributed by atoms with Gasteiger partial charge in [-0.3, -0.25) is 9.59 Å². The SMILES string of the molecule is O=C(NCc1ccc(C(=O)N2CCOCC2)cc1)c1ccccc1OC[C@@H]1CCCO1. The molecule has 4 rings (SSSR count). The molecule has 31 heavy (non-hydrogen) atoms. The number of hydrogen-bond donors (Lipinski definition) is 1. The molecule has 2 aromatic rings. The molecule has 0 spiro atoms. The van der Waals surface area contributed by atoms with E-state index in [4.69, 9.17) is 14.2 Å². The van der Waals surface area contributed by atoms with Gasteiger partial charge in [0.2, 0.25) is 0 Å². The van der Waals surface area contributed by atoms with Crippen LogP contribution in [-0.4, -0.2) is 62.3 Å². The first-order chi connectivity index (χ1) is 15.2. The summed E-state index contributed by atoms with van der Waals surface area (Å²) >= 11 is 0. The molecule has 1 N–H and O–H groups in total. The smallest absolute Gasteiger partial charge is 0.255 e. The van der Waals surface area contributed by atoms with Crippen molar-refractivity contribution in [3.05, 3.63) is 65.2 Å². The monoisotopic (exact) mass is 424 g/mol. The second kappa shape index (κ2) is 10.4. The van der Waals surface area contributed by atoms with Gasteiger partial charge >= 0.3 is 0 Å². The second-order valence-corrected chi connectivity index (χ2v) is 7.73. The highest BCUT2D eigenvalue weighted by Gasteiger charge is 2.19. The molecule has 0 radical (unpaired) electrons. The summed E-state index contributed by atoms with van der Waals surface area (Å²) in [6.45, 7) is 3.97. The molecule has 7 heteroatoms. The zero-order valence-electron chi connectivity index (χ0n) is 17.5. The Hall–Kier alpha value is -2.90. The molecule has 0 bridgehead atoms. The molecule has 2 saturated heterocycles. The molecule has 164 valence electrons. The van der Waals surface area contributed by atoms with Crippen LogP contribution in [0.4, 0.5) is 0 Å². The van der Waals surface area contributed by atoms with Crippen LogP contribution in [0, 0.1) is 0 Å². The van der Waals surface area contributed by atoms with Gasteiger partial charge in [-0.15, -0.1) is 0 Å². The van der Waals surface area contributed by atoms with E-state index in [1.54, 1.807) is 29.2 Å². The first kappa shape index (κ1) is 21.3. The van der Waals surface area contributed by atoms with Crippen molar-refractivity contribution >= 4 is 11.8 Å². The van der Waals surface area contributed by atoms with Gasteiger partial charge < -0.3 is 24.4 Å². The molecule has 2 aromatic carbocycles. The lowest BCUT2D eigenvalue weighted by molar-refractivity contribution is 0.0303. The van der Waals surface area contributed by atoms with E-state index in [1.165, 1.54) is 0 Å². The Morgan fingerprint density at radius 1 is 1.03 bits per heavy atom. The first-order valence-electron chi connectivity index (χ1n) is 10.8. The maximum Gasteiger partial charge on any atom is 0.255 e. The number of rotatable bonds is 7. The number of ether oxygens (including phenoxy) is 3. The minimum atomic E-state index is -0.198. The number of carbonyl (C=O) groups is 2. The van der Waals surface area contributed by atoms with Crippen LogP contribution in [0.3, 0.4) is 0 Å². The van der Waals surface area contributed by atoms with Crippen LogP contribution in [0.2, 0.25) is 0 Å². The highest BCUT2D eigenvalue weighted by atomic mass is 16.5. The Morgan fingerprint density at radius 2 is 1.81 bits per heavy atom. The van der Waals surface area contributed by atoms with Gasteiger partial charge in [0.25, 0.3) is 11.8 Å². The van der Waals surface area contributed by atoms with E-state index in [0.29, 0.717) is 56.3 Å². The van der Waals surface area contributed by atoms with E-state index in [1.807, 2.05) is 24.3 Å². The third kappa shape index (κ3) is 5.62. The fourth-order valence-corrected chi connectivity index (χ4v) is 3.73. The molecule has 1 atom stereocenters. The summed E-state index contributed by atoms with van der Waals surface area (Å²) in [5.74, 6) is 0.370. The lowest BCUT2D eigenvalue weighted by Crippen LogP contribution is -2.40. The van der Waals surface area contributed by atoms with Crippen LogP contribution < -0.4 is 10.1 Å².